The largest absolute Gasteiger partial charge is 0.122 e. The van der Waals surface area contributed by atoms with E-state index in [4.69, 9.17) is 0 Å². The van der Waals surface area contributed by atoms with Gasteiger partial charge in [-0.2, -0.15) is 0 Å². The molecule has 0 unspecified atom stereocenters. The Kier molecular flexibility index (Phi) is 5.27. The second-order valence-electron chi connectivity index (χ2n) is 5.93. The van der Waals surface area contributed by atoms with Crippen molar-refractivity contribution in [3.63, 3.8) is 0 Å². The summed E-state index contributed by atoms with van der Waals surface area (Å²) >= 11 is 1.94. The van der Waals surface area contributed by atoms with Crippen molar-refractivity contribution in [3.8, 4) is 0 Å². The Balaban J connectivity index is 2.15. The molecule has 0 atom stereocenters. The van der Waals surface area contributed by atoms with Crippen molar-refractivity contribution in [3.05, 3.63) is 71.4 Å². The molecule has 0 bridgehead atoms. The average molecular weight is 299 g/mol. The molecule has 2 aromatic rings. The van der Waals surface area contributed by atoms with Crippen LogP contribution in [0.4, 0.5) is 0 Å². The van der Waals surface area contributed by atoms with Crippen LogP contribution in [0.3, 0.4) is 0 Å². The first kappa shape index (κ1) is 15.1. The van der Waals surface area contributed by atoms with Gasteiger partial charge >= 0.3 is 0 Å². The van der Waals surface area contributed by atoms with Gasteiger partial charge < -0.3 is 0 Å². The molecule has 0 amide bonds. The van der Waals surface area contributed by atoms with E-state index in [1.807, 2.05) is 11.8 Å². The molecular formula is C18H22SSi. The second kappa shape index (κ2) is 6.96. The molecule has 20 heavy (non-hydrogen) atoms. The van der Waals surface area contributed by atoms with Crippen LogP contribution in [0.25, 0.3) is 6.08 Å². The van der Waals surface area contributed by atoms with Crippen molar-refractivity contribution in [1.29, 1.82) is 0 Å². The van der Waals surface area contributed by atoms with Gasteiger partial charge in [-0.1, -0.05) is 79.4 Å². The molecule has 0 aliphatic heterocycles. The number of hydrogen-bond acceptors (Lipinski definition) is 1. The van der Waals surface area contributed by atoms with Crippen LogP contribution < -0.4 is 0 Å². The Morgan fingerprint density at radius 3 is 2.00 bits per heavy atom. The molecular weight excluding hydrogens is 276 g/mol. The van der Waals surface area contributed by atoms with Crippen LogP contribution in [0.1, 0.15) is 5.56 Å². The summed E-state index contributed by atoms with van der Waals surface area (Å²) in [4.78, 5) is 1.35. The van der Waals surface area contributed by atoms with Crippen molar-refractivity contribution < 1.29 is 0 Å². The zero-order valence-corrected chi connectivity index (χ0v) is 14.3. The lowest BCUT2D eigenvalue weighted by atomic mass is 10.2. The molecule has 2 aromatic carbocycles. The lowest BCUT2D eigenvalue weighted by Gasteiger charge is -2.21. The van der Waals surface area contributed by atoms with Crippen LogP contribution in [0.2, 0.25) is 19.6 Å². The lowest BCUT2D eigenvalue weighted by Crippen LogP contribution is -2.25. The predicted molar refractivity (Wildman–Crippen MR) is 94.9 cm³/mol. The monoisotopic (exact) mass is 298 g/mol. The minimum Gasteiger partial charge on any atom is -0.122 e. The highest BCUT2D eigenvalue weighted by Crippen LogP contribution is 2.26. The fraction of sp³-hybridized carbons (Fsp3) is 0.222. The Morgan fingerprint density at radius 1 is 0.900 bits per heavy atom. The van der Waals surface area contributed by atoms with Crippen molar-refractivity contribution in [2.45, 2.75) is 24.5 Å². The normalized spacial score (nSPS) is 12.4. The van der Waals surface area contributed by atoms with Gasteiger partial charge in [0.1, 0.15) is 0 Å². The summed E-state index contributed by atoms with van der Waals surface area (Å²) in [6.45, 7) is 7.27. The van der Waals surface area contributed by atoms with E-state index in [-0.39, 0.29) is 0 Å². The number of rotatable bonds is 5. The molecule has 0 heterocycles. The van der Waals surface area contributed by atoms with Gasteiger partial charge in [0.25, 0.3) is 0 Å². The van der Waals surface area contributed by atoms with Gasteiger partial charge in [-0.05, 0) is 17.7 Å². The molecule has 0 radical (unpaired) electrons. The minimum atomic E-state index is -1.28. The van der Waals surface area contributed by atoms with Crippen molar-refractivity contribution in [2.75, 3.05) is 5.75 Å². The third-order valence-electron chi connectivity index (χ3n) is 3.24. The molecule has 104 valence electrons. The maximum atomic E-state index is 2.42. The first-order valence-electron chi connectivity index (χ1n) is 7.00. The fourth-order valence-corrected chi connectivity index (χ4v) is 5.21. The van der Waals surface area contributed by atoms with Gasteiger partial charge in [0, 0.05) is 10.6 Å². The zero-order chi connectivity index (χ0) is 14.4. The molecule has 2 heteroatoms. The maximum absolute atomic E-state index is 2.42. The van der Waals surface area contributed by atoms with Crippen LogP contribution in [0, 0.1) is 0 Å². The molecule has 0 aromatic heterocycles. The number of thioether (sulfide) groups is 1. The van der Waals surface area contributed by atoms with Gasteiger partial charge in [0.05, 0.1) is 8.07 Å². The molecule has 0 saturated heterocycles. The molecule has 0 aliphatic carbocycles. The highest BCUT2D eigenvalue weighted by atomic mass is 32.2. The quantitative estimate of drug-likeness (QED) is 0.501. The van der Waals surface area contributed by atoms with Crippen LogP contribution in [0.5, 0.6) is 0 Å². The van der Waals surface area contributed by atoms with Crippen LogP contribution >= 0.6 is 11.8 Å². The molecule has 2 rings (SSSR count). The summed E-state index contributed by atoms with van der Waals surface area (Å²) in [5.74, 6) is 1.09. The highest BCUT2D eigenvalue weighted by molar-refractivity contribution is 7.99. The van der Waals surface area contributed by atoms with Gasteiger partial charge in [0.15, 0.2) is 0 Å². The smallest absolute Gasteiger partial charge is 0.0735 e. The van der Waals surface area contributed by atoms with Gasteiger partial charge in [0.2, 0.25) is 0 Å². The third kappa shape index (κ3) is 4.69. The van der Waals surface area contributed by atoms with Crippen molar-refractivity contribution in [1.82, 2.24) is 0 Å². The number of benzene rings is 2. The molecule has 0 fully saturated rings. The van der Waals surface area contributed by atoms with E-state index in [0.717, 1.165) is 5.75 Å². The topological polar surface area (TPSA) is 0 Å². The summed E-state index contributed by atoms with van der Waals surface area (Å²) in [6.07, 6.45) is 2.39. The molecule has 0 aliphatic rings. The zero-order valence-electron chi connectivity index (χ0n) is 12.5. The minimum absolute atomic E-state index is 1.09. The molecule has 0 saturated carbocycles. The predicted octanol–water partition coefficient (Wildman–Crippen LogP) is 5.74. The Morgan fingerprint density at radius 2 is 1.45 bits per heavy atom. The highest BCUT2D eigenvalue weighted by Gasteiger charge is 2.19. The fourth-order valence-electron chi connectivity index (χ4n) is 1.90. The lowest BCUT2D eigenvalue weighted by molar-refractivity contribution is 1.45. The summed E-state index contributed by atoms with van der Waals surface area (Å²) in [6, 6.07) is 21.3. The van der Waals surface area contributed by atoms with Crippen LogP contribution in [-0.2, 0) is 0 Å². The summed E-state index contributed by atoms with van der Waals surface area (Å²) in [7, 11) is -1.28. The van der Waals surface area contributed by atoms with Crippen LogP contribution in [0.15, 0.2) is 70.8 Å². The Labute approximate surface area is 127 Å². The van der Waals surface area contributed by atoms with E-state index in [0.29, 0.717) is 0 Å². The SMILES string of the molecule is C[Si](C)(C)/C(=C\c1ccccc1)CSc1ccccc1. The second-order valence-corrected chi connectivity index (χ2v) is 12.1. The van der Waals surface area contributed by atoms with E-state index in [1.165, 1.54) is 10.5 Å². The van der Waals surface area contributed by atoms with E-state index >= 15 is 0 Å². The van der Waals surface area contributed by atoms with Crippen molar-refractivity contribution in [2.24, 2.45) is 0 Å². The summed E-state index contributed by atoms with van der Waals surface area (Å²) < 4.78 is 0. The first-order valence-corrected chi connectivity index (χ1v) is 11.5. The molecule has 0 nitrogen and oxygen atoms in total. The maximum Gasteiger partial charge on any atom is 0.0735 e. The molecule has 0 N–H and O–H groups in total. The average Bonchev–Trinajstić information content (AvgIpc) is 2.44. The summed E-state index contributed by atoms with van der Waals surface area (Å²) in [5.41, 5.74) is 1.32. The van der Waals surface area contributed by atoms with E-state index in [2.05, 4.69) is 86.4 Å². The van der Waals surface area contributed by atoms with Gasteiger partial charge in [-0.15, -0.1) is 11.8 Å². The van der Waals surface area contributed by atoms with E-state index in [9.17, 15) is 0 Å². The van der Waals surface area contributed by atoms with Gasteiger partial charge in [-0.3, -0.25) is 0 Å². The van der Waals surface area contributed by atoms with E-state index < -0.39 is 8.07 Å². The number of hydrogen-bond donors (Lipinski definition) is 0. The Bertz CT molecular complexity index is 553. The third-order valence-corrected chi connectivity index (χ3v) is 6.81. The van der Waals surface area contributed by atoms with Crippen LogP contribution in [-0.4, -0.2) is 13.8 Å². The summed E-state index contributed by atoms with van der Waals surface area (Å²) in [5, 5.41) is 1.61. The Hall–Kier alpha value is -1.25. The van der Waals surface area contributed by atoms with Gasteiger partial charge in [-0.25, -0.2) is 0 Å². The van der Waals surface area contributed by atoms with Crippen molar-refractivity contribution >= 4 is 25.9 Å². The first-order chi connectivity index (χ1) is 9.55. The standard InChI is InChI=1S/C18H22SSi/c1-20(2,3)18(14-16-10-6-4-7-11-16)15-19-17-12-8-5-9-13-17/h4-14H,15H2,1-3H3/b18-14-. The molecule has 0 spiro atoms. The van der Waals surface area contributed by atoms with E-state index in [1.54, 1.807) is 5.20 Å².